The summed E-state index contributed by atoms with van der Waals surface area (Å²) in [6.45, 7) is 4.55. The van der Waals surface area contributed by atoms with Crippen LogP contribution in [0.3, 0.4) is 0 Å². The molecular formula is C29H26O7. The summed E-state index contributed by atoms with van der Waals surface area (Å²) in [5.74, 6) is 2.78. The maximum atomic E-state index is 13.6. The number of ketones is 1. The Labute approximate surface area is 208 Å². The van der Waals surface area contributed by atoms with Crippen molar-refractivity contribution in [2.75, 3.05) is 26.9 Å². The number of fused-ring (bicyclic) bond motifs is 2. The molecular weight excluding hydrogens is 460 g/mol. The third-order valence-corrected chi connectivity index (χ3v) is 6.23. The number of hydrogen-bond acceptors (Lipinski definition) is 7. The summed E-state index contributed by atoms with van der Waals surface area (Å²) in [6, 6.07) is 15.8. The van der Waals surface area contributed by atoms with Crippen molar-refractivity contribution in [3.05, 3.63) is 81.7 Å². The lowest BCUT2D eigenvalue weighted by molar-refractivity contribution is 0.0921. The summed E-state index contributed by atoms with van der Waals surface area (Å²) < 4.78 is 28.4. The molecule has 7 heteroatoms. The molecule has 7 nitrogen and oxygen atoms in total. The molecule has 1 aromatic heterocycles. The number of hydrogen-bond donors (Lipinski definition) is 0. The van der Waals surface area contributed by atoms with E-state index in [9.17, 15) is 9.59 Å². The van der Waals surface area contributed by atoms with E-state index in [-0.39, 0.29) is 17.8 Å². The van der Waals surface area contributed by atoms with Gasteiger partial charge in [-0.2, -0.15) is 0 Å². The summed E-state index contributed by atoms with van der Waals surface area (Å²) in [5, 5.41) is 0.455. The molecule has 184 valence electrons. The zero-order valence-corrected chi connectivity index (χ0v) is 20.4. The summed E-state index contributed by atoms with van der Waals surface area (Å²) in [7, 11) is 1.57. The van der Waals surface area contributed by atoms with Gasteiger partial charge in [-0.1, -0.05) is 13.0 Å². The van der Waals surface area contributed by atoms with Gasteiger partial charge in [-0.15, -0.1) is 0 Å². The van der Waals surface area contributed by atoms with Gasteiger partial charge in [0.15, 0.2) is 23.9 Å². The zero-order valence-electron chi connectivity index (χ0n) is 20.4. The monoisotopic (exact) mass is 486 g/mol. The number of Topliss-reactive ketones (excluding diaryl/α,β-unsaturated/α-hetero) is 1. The molecule has 0 bridgehead atoms. The predicted molar refractivity (Wildman–Crippen MR) is 136 cm³/mol. The highest BCUT2D eigenvalue weighted by Gasteiger charge is 2.19. The molecule has 0 saturated carbocycles. The molecule has 0 fully saturated rings. The van der Waals surface area contributed by atoms with Crippen LogP contribution in [0.1, 0.15) is 28.6 Å². The van der Waals surface area contributed by atoms with E-state index in [1.165, 1.54) is 0 Å². The Bertz CT molecular complexity index is 1500. The van der Waals surface area contributed by atoms with Gasteiger partial charge in [0, 0.05) is 11.6 Å². The first kappa shape index (κ1) is 23.5. The van der Waals surface area contributed by atoms with Crippen LogP contribution in [0.25, 0.3) is 22.1 Å². The van der Waals surface area contributed by atoms with Crippen molar-refractivity contribution in [2.45, 2.75) is 20.3 Å². The molecule has 0 atom stereocenters. The van der Waals surface area contributed by atoms with Crippen LogP contribution in [0.5, 0.6) is 23.0 Å². The lowest BCUT2D eigenvalue weighted by atomic mass is 10.00. The van der Waals surface area contributed by atoms with Crippen molar-refractivity contribution in [3.8, 4) is 34.1 Å². The molecule has 0 radical (unpaired) electrons. The molecule has 2 heterocycles. The molecule has 4 aromatic rings. The van der Waals surface area contributed by atoms with Crippen molar-refractivity contribution in [3.63, 3.8) is 0 Å². The fourth-order valence-electron chi connectivity index (χ4n) is 4.33. The highest BCUT2D eigenvalue weighted by molar-refractivity contribution is 5.97. The first-order valence-electron chi connectivity index (χ1n) is 11.8. The van der Waals surface area contributed by atoms with Crippen molar-refractivity contribution in [1.29, 1.82) is 0 Å². The fourth-order valence-corrected chi connectivity index (χ4v) is 4.33. The van der Waals surface area contributed by atoms with Crippen LogP contribution in [-0.2, 0) is 6.42 Å². The number of ether oxygens (including phenoxy) is 4. The Balaban J connectivity index is 1.47. The maximum absolute atomic E-state index is 13.6. The lowest BCUT2D eigenvalue weighted by Crippen LogP contribution is -2.15. The Morgan fingerprint density at radius 2 is 1.72 bits per heavy atom. The van der Waals surface area contributed by atoms with Gasteiger partial charge in [0.1, 0.15) is 36.1 Å². The summed E-state index contributed by atoms with van der Waals surface area (Å²) >= 11 is 0. The summed E-state index contributed by atoms with van der Waals surface area (Å²) in [5.41, 5.74) is 2.79. The predicted octanol–water partition coefficient (Wildman–Crippen LogP) is 5.37. The minimum Gasteiger partial charge on any atom is -0.497 e. The molecule has 3 aromatic carbocycles. The Morgan fingerprint density at radius 1 is 0.972 bits per heavy atom. The molecule has 0 N–H and O–H groups in total. The minimum atomic E-state index is -0.161. The van der Waals surface area contributed by atoms with E-state index in [0.29, 0.717) is 76.1 Å². The standard InChI is InChI=1S/C29H26O7/c1-4-18-13-22-26(15-25(18)35-16-23(30)19-5-8-21(32-3)9-6-19)36-17(2)28(29(22)31)20-7-10-24-27(14-20)34-12-11-33-24/h5-10,13-15H,4,11-12,16H2,1-3H3. The van der Waals surface area contributed by atoms with Gasteiger partial charge in [-0.05, 0) is 66.9 Å². The van der Waals surface area contributed by atoms with Gasteiger partial charge in [0.2, 0.25) is 5.43 Å². The van der Waals surface area contributed by atoms with Gasteiger partial charge in [0.05, 0.1) is 18.1 Å². The molecule has 1 aliphatic rings. The normalized spacial score (nSPS) is 12.4. The third-order valence-electron chi connectivity index (χ3n) is 6.23. The summed E-state index contributed by atoms with van der Waals surface area (Å²) in [6.07, 6.45) is 0.620. The topological polar surface area (TPSA) is 84.2 Å². The highest BCUT2D eigenvalue weighted by Crippen LogP contribution is 2.36. The van der Waals surface area contributed by atoms with Crippen molar-refractivity contribution in [1.82, 2.24) is 0 Å². The van der Waals surface area contributed by atoms with E-state index in [4.69, 9.17) is 23.4 Å². The van der Waals surface area contributed by atoms with E-state index in [2.05, 4.69) is 0 Å². The van der Waals surface area contributed by atoms with Crippen LogP contribution < -0.4 is 24.4 Å². The van der Waals surface area contributed by atoms with E-state index >= 15 is 0 Å². The molecule has 0 aliphatic carbocycles. The van der Waals surface area contributed by atoms with Crippen LogP contribution in [0.15, 0.2) is 63.8 Å². The second-order valence-electron chi connectivity index (χ2n) is 8.47. The van der Waals surface area contributed by atoms with Crippen molar-refractivity contribution < 1.29 is 28.2 Å². The first-order valence-corrected chi connectivity index (χ1v) is 11.8. The van der Waals surface area contributed by atoms with E-state index in [1.54, 1.807) is 56.5 Å². The van der Waals surface area contributed by atoms with Gasteiger partial charge in [-0.25, -0.2) is 0 Å². The molecule has 0 unspecified atom stereocenters. The van der Waals surface area contributed by atoms with Crippen LogP contribution in [-0.4, -0.2) is 32.7 Å². The molecule has 0 amide bonds. The average molecular weight is 487 g/mol. The number of carbonyl (C=O) groups is 1. The quantitative estimate of drug-likeness (QED) is 0.325. The largest absolute Gasteiger partial charge is 0.497 e. The van der Waals surface area contributed by atoms with Crippen LogP contribution in [0, 0.1) is 6.92 Å². The Morgan fingerprint density at radius 3 is 2.44 bits per heavy atom. The average Bonchev–Trinajstić information content (AvgIpc) is 2.91. The second kappa shape index (κ2) is 9.77. The number of carbonyl (C=O) groups excluding carboxylic acids is 1. The molecule has 36 heavy (non-hydrogen) atoms. The first-order chi connectivity index (χ1) is 17.5. The van der Waals surface area contributed by atoms with E-state index in [0.717, 1.165) is 5.56 Å². The highest BCUT2D eigenvalue weighted by atomic mass is 16.6. The number of benzene rings is 3. The molecule has 0 saturated heterocycles. The number of methoxy groups -OCH3 is 1. The second-order valence-corrected chi connectivity index (χ2v) is 8.47. The van der Waals surface area contributed by atoms with Gasteiger partial charge >= 0.3 is 0 Å². The SMILES string of the molecule is CCc1cc2c(=O)c(-c3ccc4c(c3)OCCO4)c(C)oc2cc1OCC(=O)c1ccc(OC)cc1. The van der Waals surface area contributed by atoms with E-state index < -0.39 is 0 Å². The van der Waals surface area contributed by atoms with Crippen LogP contribution >= 0.6 is 0 Å². The third kappa shape index (κ3) is 4.40. The van der Waals surface area contributed by atoms with Gasteiger partial charge < -0.3 is 23.4 Å². The Kier molecular flexibility index (Phi) is 6.38. The van der Waals surface area contributed by atoms with Crippen molar-refractivity contribution >= 4 is 16.8 Å². The van der Waals surface area contributed by atoms with Gasteiger partial charge in [0.25, 0.3) is 0 Å². The number of aryl methyl sites for hydroxylation is 2. The van der Waals surface area contributed by atoms with Crippen LogP contribution in [0.2, 0.25) is 0 Å². The molecule has 5 rings (SSSR count). The Hall–Kier alpha value is -4.26. The number of rotatable bonds is 7. The van der Waals surface area contributed by atoms with Crippen LogP contribution in [0.4, 0.5) is 0 Å². The maximum Gasteiger partial charge on any atom is 0.200 e. The minimum absolute atomic E-state index is 0.136. The fraction of sp³-hybridized carbons (Fsp3) is 0.241. The zero-order chi connectivity index (χ0) is 25.2. The summed E-state index contributed by atoms with van der Waals surface area (Å²) in [4.78, 5) is 26.2. The van der Waals surface area contributed by atoms with E-state index in [1.807, 2.05) is 19.1 Å². The smallest absolute Gasteiger partial charge is 0.200 e. The van der Waals surface area contributed by atoms with Crippen molar-refractivity contribution in [2.24, 2.45) is 0 Å². The lowest BCUT2D eigenvalue weighted by Gasteiger charge is -2.19. The molecule has 0 spiro atoms. The molecule has 1 aliphatic heterocycles. The van der Waals surface area contributed by atoms with Gasteiger partial charge in [-0.3, -0.25) is 9.59 Å².